The first-order valence-electron chi connectivity index (χ1n) is 4.59. The first-order chi connectivity index (χ1) is 7.20. The highest BCUT2D eigenvalue weighted by Gasteiger charge is 2.08. The van der Waals surface area contributed by atoms with Crippen LogP contribution >= 0.6 is 38.9 Å². The Hall–Kier alpha value is -0.320. The molecule has 80 valence electrons. The first-order valence-corrected chi connectivity index (χ1v) is 6.58. The van der Waals surface area contributed by atoms with E-state index in [0.717, 1.165) is 26.3 Å². The van der Waals surface area contributed by atoms with Gasteiger partial charge in [0, 0.05) is 6.07 Å². The zero-order valence-corrected chi connectivity index (χ0v) is 11.2. The van der Waals surface area contributed by atoms with E-state index >= 15 is 0 Å². The quantitative estimate of drug-likeness (QED) is 0.833. The molecule has 0 unspecified atom stereocenters. The maximum atomic E-state index is 6.10. The topological polar surface area (TPSA) is 22.1 Å². The minimum atomic E-state index is 0.639. The highest BCUT2D eigenvalue weighted by molar-refractivity contribution is 9.11. The molecular weight excluding hydrogens is 298 g/mol. The largest absolute Gasteiger partial charge is 0.494 e. The second kappa shape index (κ2) is 4.68. The molecule has 0 saturated carbocycles. The molecule has 0 spiro atoms. The number of halogens is 2. The van der Waals surface area contributed by atoms with Gasteiger partial charge < -0.3 is 4.74 Å². The molecule has 0 atom stereocenters. The van der Waals surface area contributed by atoms with Crippen molar-refractivity contribution in [1.29, 1.82) is 0 Å². The van der Waals surface area contributed by atoms with Crippen LogP contribution in [0.5, 0.6) is 5.75 Å². The molecular formula is C10H9BrClNOS. The lowest BCUT2D eigenvalue weighted by Crippen LogP contribution is -1.94. The van der Waals surface area contributed by atoms with Crippen molar-refractivity contribution in [3.05, 3.63) is 21.1 Å². The summed E-state index contributed by atoms with van der Waals surface area (Å²) in [5.41, 5.74) is 0.831. The van der Waals surface area contributed by atoms with Gasteiger partial charge in [0.15, 0.2) is 3.92 Å². The minimum absolute atomic E-state index is 0.639. The lowest BCUT2D eigenvalue weighted by atomic mass is 10.3. The Morgan fingerprint density at radius 1 is 1.53 bits per heavy atom. The summed E-state index contributed by atoms with van der Waals surface area (Å²) in [6.45, 7) is 2.78. The molecule has 0 radical (unpaired) electrons. The fourth-order valence-corrected chi connectivity index (χ4v) is 3.00. The van der Waals surface area contributed by atoms with E-state index in [-0.39, 0.29) is 0 Å². The molecule has 1 heterocycles. The van der Waals surface area contributed by atoms with Crippen LogP contribution in [-0.4, -0.2) is 11.6 Å². The molecule has 1 aromatic heterocycles. The van der Waals surface area contributed by atoms with Crippen molar-refractivity contribution in [1.82, 2.24) is 4.98 Å². The second-order valence-corrected chi connectivity index (χ2v) is 5.78. The Bertz CT molecular complexity index is 485. The molecule has 2 aromatic rings. The molecule has 2 rings (SSSR count). The van der Waals surface area contributed by atoms with Gasteiger partial charge in [0.1, 0.15) is 11.3 Å². The number of nitrogens with zero attached hydrogens (tertiary/aromatic N) is 1. The van der Waals surface area contributed by atoms with Gasteiger partial charge in [0.2, 0.25) is 0 Å². The molecule has 2 nitrogen and oxygen atoms in total. The maximum absolute atomic E-state index is 6.10. The van der Waals surface area contributed by atoms with E-state index in [0.29, 0.717) is 11.6 Å². The molecule has 0 aliphatic rings. The van der Waals surface area contributed by atoms with Gasteiger partial charge in [-0.1, -0.05) is 18.5 Å². The van der Waals surface area contributed by atoms with Crippen LogP contribution in [0.2, 0.25) is 5.02 Å². The number of hydrogen-bond donors (Lipinski definition) is 0. The molecule has 0 fully saturated rings. The molecule has 15 heavy (non-hydrogen) atoms. The summed E-state index contributed by atoms with van der Waals surface area (Å²) in [4.78, 5) is 4.28. The van der Waals surface area contributed by atoms with E-state index in [1.54, 1.807) is 11.3 Å². The molecule has 0 saturated heterocycles. The van der Waals surface area contributed by atoms with E-state index in [9.17, 15) is 0 Å². The fraction of sp³-hybridized carbons (Fsp3) is 0.300. The Morgan fingerprint density at radius 3 is 3.07 bits per heavy atom. The summed E-state index contributed by atoms with van der Waals surface area (Å²) in [6.07, 6.45) is 0.988. The predicted molar refractivity (Wildman–Crippen MR) is 68.1 cm³/mol. The molecule has 0 amide bonds. The third-order valence-electron chi connectivity index (χ3n) is 1.87. The summed E-state index contributed by atoms with van der Waals surface area (Å²) in [5, 5.41) is 0.639. The number of ether oxygens (including phenoxy) is 1. The number of rotatable bonds is 3. The SMILES string of the molecule is CCCOc1cc(Cl)c2nc(Br)sc2c1. The van der Waals surface area contributed by atoms with Crippen molar-refractivity contribution >= 4 is 49.1 Å². The monoisotopic (exact) mass is 305 g/mol. The Morgan fingerprint density at radius 2 is 2.33 bits per heavy atom. The van der Waals surface area contributed by atoms with Crippen LogP contribution in [0.15, 0.2) is 16.0 Å². The van der Waals surface area contributed by atoms with Gasteiger partial charge in [0.25, 0.3) is 0 Å². The average molecular weight is 307 g/mol. The van der Waals surface area contributed by atoms with Crippen LogP contribution in [0.25, 0.3) is 10.2 Å². The number of thiazole rings is 1. The van der Waals surface area contributed by atoms with E-state index in [1.165, 1.54) is 0 Å². The highest BCUT2D eigenvalue weighted by Crippen LogP contribution is 2.34. The van der Waals surface area contributed by atoms with Gasteiger partial charge in [-0.25, -0.2) is 4.98 Å². The zero-order chi connectivity index (χ0) is 10.8. The summed E-state index contributed by atoms with van der Waals surface area (Å²) >= 11 is 11.0. The summed E-state index contributed by atoms with van der Waals surface area (Å²) in [5.74, 6) is 0.811. The molecule has 0 N–H and O–H groups in total. The lowest BCUT2D eigenvalue weighted by Gasteiger charge is -2.04. The minimum Gasteiger partial charge on any atom is -0.494 e. The molecule has 5 heteroatoms. The van der Waals surface area contributed by atoms with Crippen molar-refractivity contribution in [2.45, 2.75) is 13.3 Å². The number of hydrogen-bond acceptors (Lipinski definition) is 3. The Kier molecular flexibility index (Phi) is 3.49. The third-order valence-corrected chi connectivity index (χ3v) is 3.61. The number of benzene rings is 1. The smallest absolute Gasteiger partial charge is 0.160 e. The Balaban J connectivity index is 2.42. The summed E-state index contributed by atoms with van der Waals surface area (Å²) in [7, 11) is 0. The zero-order valence-electron chi connectivity index (χ0n) is 8.09. The van der Waals surface area contributed by atoms with E-state index in [2.05, 4.69) is 27.8 Å². The van der Waals surface area contributed by atoms with Crippen molar-refractivity contribution in [3.8, 4) is 5.75 Å². The van der Waals surface area contributed by atoms with Crippen LogP contribution in [-0.2, 0) is 0 Å². The van der Waals surface area contributed by atoms with Crippen molar-refractivity contribution in [2.24, 2.45) is 0 Å². The van der Waals surface area contributed by atoms with Gasteiger partial charge >= 0.3 is 0 Å². The van der Waals surface area contributed by atoms with Gasteiger partial charge in [-0.2, -0.15) is 0 Å². The van der Waals surface area contributed by atoms with Gasteiger partial charge in [0.05, 0.1) is 16.3 Å². The van der Waals surface area contributed by atoms with Crippen molar-refractivity contribution in [3.63, 3.8) is 0 Å². The number of fused-ring (bicyclic) bond motifs is 1. The number of aromatic nitrogens is 1. The Labute approximate surface area is 105 Å². The first kappa shape index (κ1) is 11.2. The second-order valence-electron chi connectivity index (χ2n) is 3.07. The van der Waals surface area contributed by atoms with E-state index < -0.39 is 0 Å². The van der Waals surface area contributed by atoms with Gasteiger partial charge in [-0.15, -0.1) is 11.3 Å². The standard InChI is InChI=1S/C10H9BrClNOS/c1-2-3-14-6-4-7(12)9-8(5-6)15-10(11)13-9/h4-5H,2-3H2,1H3. The van der Waals surface area contributed by atoms with Crippen LogP contribution in [0.1, 0.15) is 13.3 Å². The van der Waals surface area contributed by atoms with Crippen molar-refractivity contribution in [2.75, 3.05) is 6.61 Å². The average Bonchev–Trinajstić information content (AvgIpc) is 2.56. The molecule has 0 aliphatic heterocycles. The normalized spacial score (nSPS) is 10.9. The van der Waals surface area contributed by atoms with Gasteiger partial charge in [-0.3, -0.25) is 0 Å². The van der Waals surface area contributed by atoms with Crippen LogP contribution in [0.3, 0.4) is 0 Å². The summed E-state index contributed by atoms with van der Waals surface area (Å²) < 4.78 is 7.41. The molecule has 1 aromatic carbocycles. The molecule has 0 aliphatic carbocycles. The van der Waals surface area contributed by atoms with E-state index in [4.69, 9.17) is 16.3 Å². The molecule has 0 bridgehead atoms. The van der Waals surface area contributed by atoms with Crippen molar-refractivity contribution < 1.29 is 4.74 Å². The highest BCUT2D eigenvalue weighted by atomic mass is 79.9. The van der Waals surface area contributed by atoms with Gasteiger partial charge in [-0.05, 0) is 28.4 Å². The third kappa shape index (κ3) is 2.44. The van der Waals surface area contributed by atoms with Crippen LogP contribution in [0.4, 0.5) is 0 Å². The maximum Gasteiger partial charge on any atom is 0.160 e. The fourth-order valence-electron chi connectivity index (χ4n) is 1.24. The predicted octanol–water partition coefficient (Wildman–Crippen LogP) is 4.50. The van der Waals surface area contributed by atoms with Crippen LogP contribution < -0.4 is 4.74 Å². The summed E-state index contributed by atoms with van der Waals surface area (Å²) in [6, 6.07) is 3.78. The lowest BCUT2D eigenvalue weighted by molar-refractivity contribution is 0.318. The van der Waals surface area contributed by atoms with E-state index in [1.807, 2.05) is 12.1 Å². The van der Waals surface area contributed by atoms with Crippen LogP contribution in [0, 0.1) is 0 Å².